The molecule has 0 amide bonds. The van der Waals surface area contributed by atoms with E-state index in [9.17, 15) is 6.85 Å². The van der Waals surface area contributed by atoms with E-state index in [4.69, 9.17) is 22.5 Å². The molecular weight excluding hydrogens is 488 g/mol. The van der Waals surface area contributed by atoms with E-state index in [2.05, 4.69) is 0 Å². The van der Waals surface area contributed by atoms with Crippen molar-refractivity contribution in [3.63, 3.8) is 0 Å². The van der Waals surface area contributed by atoms with Crippen LogP contribution in [0.1, 0.15) is 20.6 Å². The van der Waals surface area contributed by atoms with Crippen LogP contribution in [0, 0.1) is 0 Å². The zero-order valence-electron chi connectivity index (χ0n) is 35.4. The van der Waals surface area contributed by atoms with Crippen molar-refractivity contribution in [2.24, 2.45) is 0 Å². The Bertz CT molecular complexity index is 3180. The second-order valence-corrected chi connectivity index (χ2v) is 9.32. The molecule has 0 atom stereocenters. The van der Waals surface area contributed by atoms with Gasteiger partial charge in [-0.2, -0.15) is 0 Å². The van der Waals surface area contributed by atoms with Gasteiger partial charge in [-0.05, 0) is 61.6 Å². The Morgan fingerprint density at radius 1 is 0.475 bits per heavy atom. The molecule has 0 radical (unpaired) electrons. The van der Waals surface area contributed by atoms with Gasteiger partial charge >= 0.3 is 0 Å². The van der Waals surface area contributed by atoms with Crippen LogP contribution in [-0.4, -0.2) is 0 Å². The Hall–Kier alpha value is -5.34. The number of hydrogen-bond donors (Lipinski definition) is 0. The molecule has 0 saturated heterocycles. The Morgan fingerprint density at radius 3 is 1.90 bits per heavy atom. The molecule has 40 heavy (non-hydrogen) atoms. The molecule has 0 spiro atoms. The third-order valence-corrected chi connectivity index (χ3v) is 7.27. The molecule has 2 aromatic heterocycles. The predicted octanol–water partition coefficient (Wildman–Crippen LogP) is 11.1. The molecule has 2 heterocycles. The SMILES string of the molecule is [2H]c1c([2H])c([2H])c2c(-c3c4c([2H])c([2H])c([2H])c([2H])c4c(-c4c5occc5cc5c4oc4ccccc45)c4c([2H])c([2H])c([2H])c([2H])c34)c([2H])c([2H])c([2H])c2c1[2H]. The summed E-state index contributed by atoms with van der Waals surface area (Å²) in [5, 5.41) is -0.310. The lowest BCUT2D eigenvalue weighted by Gasteiger charge is -2.19. The summed E-state index contributed by atoms with van der Waals surface area (Å²) in [6.07, 6.45) is 1.41. The molecule has 2 heteroatoms. The molecule has 9 rings (SSSR count). The molecule has 0 saturated carbocycles. The molecule has 7 aromatic carbocycles. The van der Waals surface area contributed by atoms with Gasteiger partial charge in [0.05, 0.1) is 32.4 Å². The normalized spacial score (nSPS) is 17.2. The van der Waals surface area contributed by atoms with Crippen LogP contribution in [-0.2, 0) is 0 Å². The van der Waals surface area contributed by atoms with Crippen LogP contribution < -0.4 is 0 Å². The Kier molecular flexibility index (Phi) is 2.39. The van der Waals surface area contributed by atoms with Crippen LogP contribution in [0.4, 0.5) is 0 Å². The monoisotopic (exact) mass is 525 g/mol. The minimum Gasteiger partial charge on any atom is -0.464 e. The van der Waals surface area contributed by atoms with Crippen LogP contribution >= 0.6 is 0 Å². The first-order chi connectivity index (χ1) is 26.1. The summed E-state index contributed by atoms with van der Waals surface area (Å²) >= 11 is 0. The first kappa shape index (κ1) is 11.8. The van der Waals surface area contributed by atoms with E-state index in [0.717, 1.165) is 0 Å². The second-order valence-electron chi connectivity index (χ2n) is 9.32. The third kappa shape index (κ3) is 2.88. The fraction of sp³-hybridized carbons (Fsp3) is 0. The van der Waals surface area contributed by atoms with Crippen molar-refractivity contribution in [3.8, 4) is 22.3 Å². The molecule has 0 fully saturated rings. The molecule has 186 valence electrons. The largest absolute Gasteiger partial charge is 0.464 e. The molecule has 9 aromatic rings. The highest BCUT2D eigenvalue weighted by Crippen LogP contribution is 2.49. The zero-order valence-corrected chi connectivity index (χ0v) is 20.4. The lowest BCUT2D eigenvalue weighted by molar-refractivity contribution is 0.615. The van der Waals surface area contributed by atoms with Crippen LogP contribution in [0.5, 0.6) is 0 Å². The van der Waals surface area contributed by atoms with E-state index in [1.807, 2.05) is 18.2 Å². The van der Waals surface area contributed by atoms with Gasteiger partial charge in [-0.15, -0.1) is 0 Å². The van der Waals surface area contributed by atoms with E-state index in [1.165, 1.54) is 6.26 Å². The summed E-state index contributed by atoms with van der Waals surface area (Å²) in [7, 11) is 0. The van der Waals surface area contributed by atoms with Gasteiger partial charge in [-0.3, -0.25) is 0 Å². The number of benzene rings is 7. The van der Waals surface area contributed by atoms with E-state index >= 15 is 0 Å². The molecule has 0 N–H and O–H groups in total. The topological polar surface area (TPSA) is 26.3 Å². The number of para-hydroxylation sites is 1. The highest BCUT2D eigenvalue weighted by Gasteiger charge is 2.24. The van der Waals surface area contributed by atoms with Gasteiger partial charge in [0.1, 0.15) is 16.7 Å². The molecule has 0 aliphatic heterocycles. The lowest BCUT2D eigenvalue weighted by Crippen LogP contribution is -1.92. The molecule has 0 bridgehead atoms. The second kappa shape index (κ2) is 8.08. The summed E-state index contributed by atoms with van der Waals surface area (Å²) in [5.41, 5.74) is -0.0259. The summed E-state index contributed by atoms with van der Waals surface area (Å²) in [5.74, 6) is 0. The van der Waals surface area contributed by atoms with Crippen LogP contribution in [0.2, 0.25) is 0 Å². The van der Waals surface area contributed by atoms with Gasteiger partial charge in [-0.25, -0.2) is 0 Å². The van der Waals surface area contributed by atoms with Crippen molar-refractivity contribution in [2.45, 2.75) is 0 Å². The van der Waals surface area contributed by atoms with Gasteiger partial charge in [0.15, 0.2) is 0 Å². The maximum Gasteiger partial charge on any atom is 0.147 e. The first-order valence-corrected chi connectivity index (χ1v) is 12.4. The number of hydrogen-bond acceptors (Lipinski definition) is 2. The van der Waals surface area contributed by atoms with Crippen molar-refractivity contribution < 1.29 is 29.4 Å². The van der Waals surface area contributed by atoms with Crippen molar-refractivity contribution in [1.29, 1.82) is 0 Å². The van der Waals surface area contributed by atoms with Gasteiger partial charge in [-0.1, -0.05) is 109 Å². The number of fused-ring (bicyclic) bond motifs is 7. The smallest absolute Gasteiger partial charge is 0.147 e. The summed E-state index contributed by atoms with van der Waals surface area (Å²) < 4.78 is 147. The average molecular weight is 526 g/mol. The Labute approximate surface area is 250 Å². The van der Waals surface area contributed by atoms with Crippen LogP contribution in [0.25, 0.3) is 87.5 Å². The maximum absolute atomic E-state index is 9.41. The molecule has 0 aliphatic carbocycles. The fourth-order valence-corrected chi connectivity index (χ4v) is 5.64. The molecule has 0 unspecified atom stereocenters. The highest BCUT2D eigenvalue weighted by molar-refractivity contribution is 6.28. The zero-order chi connectivity index (χ0) is 39.3. The number of furan rings is 2. The summed E-state index contributed by atoms with van der Waals surface area (Å²) in [6.45, 7) is 0. The molecule has 2 nitrogen and oxygen atoms in total. The van der Waals surface area contributed by atoms with Crippen molar-refractivity contribution in [1.82, 2.24) is 0 Å². The molecular formula is C38H22O2. The quantitative estimate of drug-likeness (QED) is 0.210. The van der Waals surface area contributed by atoms with Crippen molar-refractivity contribution >= 4 is 65.2 Å². The summed E-state index contributed by atoms with van der Waals surface area (Å²) in [6, 6.07) is 0.00362. The van der Waals surface area contributed by atoms with Gasteiger partial charge in [0.2, 0.25) is 0 Å². The average Bonchev–Trinajstić information content (AvgIpc) is 3.80. The van der Waals surface area contributed by atoms with E-state index in [-0.39, 0.29) is 43.8 Å². The summed E-state index contributed by atoms with van der Waals surface area (Å²) in [4.78, 5) is 0. The van der Waals surface area contributed by atoms with Gasteiger partial charge in [0, 0.05) is 21.7 Å². The van der Waals surface area contributed by atoms with Crippen molar-refractivity contribution in [2.75, 3.05) is 0 Å². The van der Waals surface area contributed by atoms with Crippen molar-refractivity contribution in [3.05, 3.63) is 133 Å². The third-order valence-electron chi connectivity index (χ3n) is 7.27. The Morgan fingerprint density at radius 2 is 1.12 bits per heavy atom. The van der Waals surface area contributed by atoms with Gasteiger partial charge in [0.25, 0.3) is 0 Å². The Balaban J connectivity index is 1.70. The van der Waals surface area contributed by atoms with Crippen LogP contribution in [0.15, 0.2) is 142 Å². The minimum atomic E-state index is -0.774. The predicted molar refractivity (Wildman–Crippen MR) is 167 cm³/mol. The fourth-order valence-electron chi connectivity index (χ4n) is 5.64. The molecule has 0 aliphatic rings. The van der Waals surface area contributed by atoms with E-state index < -0.39 is 113 Å². The minimum absolute atomic E-state index is 0.0988. The first-order valence-electron chi connectivity index (χ1n) is 19.9. The van der Waals surface area contributed by atoms with Crippen LogP contribution in [0.3, 0.4) is 0 Å². The van der Waals surface area contributed by atoms with E-state index in [1.54, 1.807) is 18.2 Å². The number of rotatable bonds is 2. The highest BCUT2D eigenvalue weighted by atomic mass is 16.3. The standard InChI is InChI=1S/C38H22O2/c1-2-12-25-23(10-1)11-9-18-27(25)34-28-14-3-5-16-30(28)35(31-17-6-4-15-29(31)34)36-37-24(20-21-39-37)22-32-26-13-7-8-19-33(26)40-38(32)36/h1-22H/i1D,2D,3D,4D,5D,6D,9D,10D,11D,12D,14D,15D,16D,17D,18D. The van der Waals surface area contributed by atoms with E-state index in [0.29, 0.717) is 21.7 Å². The maximum atomic E-state index is 9.41. The van der Waals surface area contributed by atoms with Gasteiger partial charge < -0.3 is 8.83 Å². The lowest BCUT2D eigenvalue weighted by atomic mass is 9.84.